The van der Waals surface area contributed by atoms with Gasteiger partial charge < -0.3 is 29.2 Å². The highest BCUT2D eigenvalue weighted by molar-refractivity contribution is 5.97. The van der Waals surface area contributed by atoms with E-state index in [1.165, 1.54) is 19.2 Å². The molecule has 1 aromatic heterocycles. The van der Waals surface area contributed by atoms with Gasteiger partial charge in [0.05, 0.1) is 25.4 Å². The Kier molecular flexibility index (Phi) is 8.19. The van der Waals surface area contributed by atoms with Gasteiger partial charge in [0, 0.05) is 57.8 Å². The molecule has 0 atom stereocenters. The van der Waals surface area contributed by atoms with E-state index in [-0.39, 0.29) is 16.9 Å². The second-order valence-electron chi connectivity index (χ2n) is 9.17. The summed E-state index contributed by atoms with van der Waals surface area (Å²) in [5.74, 6) is 0.172. The maximum Gasteiger partial charge on any atom is 0.256 e. The van der Waals surface area contributed by atoms with Crippen LogP contribution in [-0.2, 0) is 17.8 Å². The second kappa shape index (κ2) is 11.5. The first-order valence-corrected chi connectivity index (χ1v) is 12.6. The van der Waals surface area contributed by atoms with E-state index in [0.29, 0.717) is 68.4 Å². The maximum absolute atomic E-state index is 15.2. The molecular formula is C28H33FN4O5. The van der Waals surface area contributed by atoms with Crippen LogP contribution in [0, 0.1) is 5.82 Å². The minimum absolute atomic E-state index is 0.00186. The number of hydrogen-bond donors (Lipinski definition) is 1. The Morgan fingerprint density at radius 1 is 1.03 bits per heavy atom. The first-order chi connectivity index (χ1) is 18.3. The molecule has 2 amide bonds. The lowest BCUT2D eigenvalue weighted by Crippen LogP contribution is -2.48. The van der Waals surface area contributed by atoms with Gasteiger partial charge in [0.1, 0.15) is 11.4 Å². The van der Waals surface area contributed by atoms with E-state index in [1.54, 1.807) is 35.8 Å². The number of nitrogens with one attached hydrogen (secondary N) is 1. The van der Waals surface area contributed by atoms with E-state index in [4.69, 9.17) is 9.47 Å². The van der Waals surface area contributed by atoms with Crippen LogP contribution in [0.3, 0.4) is 0 Å². The number of nitrogens with zero attached hydrogens (tertiary/aromatic N) is 3. The molecular weight excluding hydrogens is 491 g/mol. The van der Waals surface area contributed by atoms with Crippen molar-refractivity contribution in [1.29, 1.82) is 0 Å². The van der Waals surface area contributed by atoms with Crippen molar-refractivity contribution in [3.8, 4) is 11.5 Å². The molecule has 10 heteroatoms. The normalized spacial score (nSPS) is 13.5. The summed E-state index contributed by atoms with van der Waals surface area (Å²) in [6.07, 6.45) is 2.06. The van der Waals surface area contributed by atoms with Crippen molar-refractivity contribution < 1.29 is 23.5 Å². The molecule has 0 bridgehead atoms. The monoisotopic (exact) mass is 524 g/mol. The molecule has 0 saturated carbocycles. The van der Waals surface area contributed by atoms with Gasteiger partial charge in [0.25, 0.3) is 5.91 Å². The number of amides is 2. The number of carbonyl (C=O) groups is 2. The van der Waals surface area contributed by atoms with Crippen LogP contribution in [0.25, 0.3) is 10.9 Å². The molecule has 0 unspecified atom stereocenters. The smallest absolute Gasteiger partial charge is 0.256 e. The number of anilines is 1. The van der Waals surface area contributed by atoms with E-state index < -0.39 is 17.2 Å². The summed E-state index contributed by atoms with van der Waals surface area (Å²) in [5, 5.41) is 2.96. The maximum atomic E-state index is 15.2. The summed E-state index contributed by atoms with van der Waals surface area (Å²) in [7, 11) is 3.12. The number of pyridine rings is 1. The van der Waals surface area contributed by atoms with Crippen molar-refractivity contribution in [2.75, 3.05) is 51.8 Å². The molecule has 0 aliphatic carbocycles. The van der Waals surface area contributed by atoms with Crippen LogP contribution in [0.2, 0.25) is 0 Å². The fourth-order valence-electron chi connectivity index (χ4n) is 4.78. The zero-order valence-electron chi connectivity index (χ0n) is 22.2. The first-order valence-electron chi connectivity index (χ1n) is 12.6. The highest BCUT2D eigenvalue weighted by Gasteiger charge is 2.23. The number of fused-ring (bicyclic) bond motifs is 1. The molecule has 3 aromatic rings. The number of rotatable bonds is 8. The first kappa shape index (κ1) is 27.0. The van der Waals surface area contributed by atoms with Crippen molar-refractivity contribution in [3.63, 3.8) is 0 Å². The Balaban J connectivity index is 1.54. The quantitative estimate of drug-likeness (QED) is 0.487. The van der Waals surface area contributed by atoms with E-state index in [1.807, 2.05) is 24.0 Å². The highest BCUT2D eigenvalue weighted by atomic mass is 19.1. The molecule has 38 heavy (non-hydrogen) atoms. The lowest BCUT2D eigenvalue weighted by atomic mass is 10.1. The Labute approximate surface area is 220 Å². The van der Waals surface area contributed by atoms with Crippen LogP contribution in [-0.4, -0.2) is 68.2 Å². The molecule has 9 nitrogen and oxygen atoms in total. The Morgan fingerprint density at radius 3 is 2.37 bits per heavy atom. The third kappa shape index (κ3) is 5.44. The number of carbonyl (C=O) groups excluding carboxylic acids is 2. The summed E-state index contributed by atoms with van der Waals surface area (Å²) in [6.45, 7) is 6.24. The summed E-state index contributed by atoms with van der Waals surface area (Å²) in [6, 6.07) is 8.40. The number of aromatic nitrogens is 1. The van der Waals surface area contributed by atoms with Crippen LogP contribution in [0.1, 0.15) is 29.8 Å². The number of aryl methyl sites for hydroxylation is 1. The molecule has 1 saturated heterocycles. The van der Waals surface area contributed by atoms with Gasteiger partial charge >= 0.3 is 0 Å². The summed E-state index contributed by atoms with van der Waals surface area (Å²) in [4.78, 5) is 41.5. The van der Waals surface area contributed by atoms with Gasteiger partial charge in [-0.3, -0.25) is 14.4 Å². The van der Waals surface area contributed by atoms with E-state index in [9.17, 15) is 14.4 Å². The number of hydrogen-bond acceptors (Lipinski definition) is 6. The fourth-order valence-corrected chi connectivity index (χ4v) is 4.78. The van der Waals surface area contributed by atoms with Gasteiger partial charge in [0.15, 0.2) is 11.5 Å². The van der Waals surface area contributed by atoms with E-state index in [2.05, 4.69) is 5.32 Å². The molecule has 2 heterocycles. The Morgan fingerprint density at radius 2 is 1.74 bits per heavy atom. The van der Waals surface area contributed by atoms with Gasteiger partial charge in [-0.2, -0.15) is 0 Å². The predicted molar refractivity (Wildman–Crippen MR) is 144 cm³/mol. The number of benzene rings is 2. The molecule has 202 valence electrons. The third-order valence-electron chi connectivity index (χ3n) is 6.95. The Hall–Kier alpha value is -4.08. The van der Waals surface area contributed by atoms with Gasteiger partial charge in [-0.25, -0.2) is 4.39 Å². The summed E-state index contributed by atoms with van der Waals surface area (Å²) < 4.78 is 27.6. The molecule has 1 fully saturated rings. The predicted octanol–water partition coefficient (Wildman–Crippen LogP) is 2.82. The van der Waals surface area contributed by atoms with Crippen molar-refractivity contribution in [2.24, 2.45) is 0 Å². The van der Waals surface area contributed by atoms with Crippen LogP contribution < -0.4 is 25.1 Å². The lowest BCUT2D eigenvalue weighted by molar-refractivity contribution is -0.129. The number of methoxy groups -OCH3 is 2. The topological polar surface area (TPSA) is 93.1 Å². The number of ether oxygens (including phenoxy) is 2. The third-order valence-corrected chi connectivity index (χ3v) is 6.95. The largest absolute Gasteiger partial charge is 0.493 e. The molecule has 4 rings (SSSR count). The molecule has 1 aliphatic heterocycles. The molecule has 1 aliphatic rings. The minimum Gasteiger partial charge on any atom is -0.493 e. The van der Waals surface area contributed by atoms with Crippen LogP contribution in [0.15, 0.2) is 41.3 Å². The second-order valence-corrected chi connectivity index (χ2v) is 9.17. The lowest BCUT2D eigenvalue weighted by Gasteiger charge is -2.36. The van der Waals surface area contributed by atoms with Crippen LogP contribution in [0.5, 0.6) is 11.5 Å². The average Bonchev–Trinajstić information content (AvgIpc) is 2.93. The number of halogens is 1. The minimum atomic E-state index is -0.528. The van der Waals surface area contributed by atoms with Gasteiger partial charge in [0.2, 0.25) is 11.3 Å². The van der Waals surface area contributed by atoms with Gasteiger partial charge in [-0.1, -0.05) is 6.07 Å². The Bertz CT molecular complexity index is 1410. The van der Waals surface area contributed by atoms with E-state index >= 15 is 4.39 Å². The number of piperazine rings is 1. The van der Waals surface area contributed by atoms with E-state index in [0.717, 1.165) is 5.56 Å². The SMILES string of the molecule is CCn1cc(C(=O)NCCc2ccc(OC)c(OC)c2)c(=O)c2cc(F)c(N3CCN(C(C)=O)CC3)cc21. The molecule has 2 aromatic carbocycles. The zero-order valence-corrected chi connectivity index (χ0v) is 22.2. The molecule has 0 spiro atoms. The van der Waals surface area contributed by atoms with Crippen LogP contribution >= 0.6 is 0 Å². The van der Waals surface area contributed by atoms with Crippen LogP contribution in [0.4, 0.5) is 10.1 Å². The zero-order chi connectivity index (χ0) is 27.4. The van der Waals surface area contributed by atoms with Crippen molar-refractivity contribution in [2.45, 2.75) is 26.8 Å². The van der Waals surface area contributed by atoms with Crippen molar-refractivity contribution >= 4 is 28.4 Å². The summed E-state index contributed by atoms with van der Waals surface area (Å²) >= 11 is 0. The summed E-state index contributed by atoms with van der Waals surface area (Å²) in [5.41, 5.74) is 1.33. The highest BCUT2D eigenvalue weighted by Crippen LogP contribution is 2.28. The van der Waals surface area contributed by atoms with Crippen molar-refractivity contribution in [3.05, 3.63) is 63.7 Å². The van der Waals surface area contributed by atoms with Crippen molar-refractivity contribution in [1.82, 2.24) is 14.8 Å². The molecule has 1 N–H and O–H groups in total. The van der Waals surface area contributed by atoms with Gasteiger partial charge in [-0.15, -0.1) is 0 Å². The molecule has 0 radical (unpaired) electrons. The fraction of sp³-hybridized carbons (Fsp3) is 0.393. The standard InChI is InChI=1S/C28H33FN4O5/c1-5-31-17-21(28(36)30-9-8-19-6-7-25(37-3)26(14-19)38-4)27(35)20-15-22(29)24(16-23(20)31)33-12-10-32(11-13-33)18(2)34/h6-7,14-17H,5,8-13H2,1-4H3,(H,30,36). The van der Waals surface area contributed by atoms with Gasteiger partial charge in [-0.05, 0) is 43.2 Å². The average molecular weight is 525 g/mol.